The molecule has 0 spiro atoms. The zero-order chi connectivity index (χ0) is 50.9. The second kappa shape index (κ2) is 29.6. The molecule has 0 aromatic heterocycles. The predicted octanol–water partition coefficient (Wildman–Crippen LogP) is 16.9. The molecule has 0 atom stereocenters. The van der Waals surface area contributed by atoms with E-state index in [2.05, 4.69) is 13.8 Å². The Morgan fingerprint density at radius 2 is 0.653 bits per heavy atom. The summed E-state index contributed by atoms with van der Waals surface area (Å²) in [6.45, 7) is 4.47. The van der Waals surface area contributed by atoms with Crippen molar-refractivity contribution in [2.45, 2.75) is 155 Å². The number of esters is 4. The van der Waals surface area contributed by atoms with Crippen LogP contribution in [0.1, 0.15) is 195 Å². The maximum absolute atomic E-state index is 15.2. The molecule has 8 nitrogen and oxygen atoms in total. The fourth-order valence-corrected chi connectivity index (χ4v) is 8.65. The summed E-state index contributed by atoms with van der Waals surface area (Å²) >= 11 is 0. The van der Waals surface area contributed by atoms with Crippen LogP contribution < -0.4 is 18.9 Å². The maximum Gasteiger partial charge on any atom is 0.343 e. The zero-order valence-corrected chi connectivity index (χ0v) is 42.1. The first-order valence-corrected chi connectivity index (χ1v) is 26.3. The number of hydrogen-bond acceptors (Lipinski definition) is 8. The highest BCUT2D eigenvalue weighted by atomic mass is 19.1. The van der Waals surface area contributed by atoms with Gasteiger partial charge in [-0.25, -0.2) is 28.0 Å². The van der Waals surface area contributed by atoms with Gasteiger partial charge in [0.25, 0.3) is 0 Å². The highest BCUT2D eigenvalue weighted by molar-refractivity contribution is 5.95. The van der Waals surface area contributed by atoms with Gasteiger partial charge in [0.2, 0.25) is 0 Å². The van der Waals surface area contributed by atoms with E-state index in [9.17, 15) is 19.2 Å². The number of carbonyl (C=O) groups excluding carboxylic acids is 4. The Bertz CT molecular complexity index is 2500. The third kappa shape index (κ3) is 17.9. The normalized spacial score (nSPS) is 11.1. The zero-order valence-electron chi connectivity index (χ0n) is 42.1. The van der Waals surface area contributed by atoms with E-state index in [1.807, 2.05) is 24.3 Å². The second-order valence-corrected chi connectivity index (χ2v) is 18.8. The Balaban J connectivity index is 0.933. The largest absolute Gasteiger partial charge is 0.423 e. The Hall–Kier alpha value is -6.68. The lowest BCUT2D eigenvalue weighted by molar-refractivity contribution is 0.0714. The molecule has 0 saturated heterocycles. The number of ether oxygens (including phenoxy) is 4. The van der Waals surface area contributed by atoms with Crippen molar-refractivity contribution in [1.29, 1.82) is 0 Å². The summed E-state index contributed by atoms with van der Waals surface area (Å²) in [7, 11) is 0. The molecule has 0 N–H and O–H groups in total. The van der Waals surface area contributed by atoms with Gasteiger partial charge in [-0.1, -0.05) is 166 Å². The highest BCUT2D eigenvalue weighted by Gasteiger charge is 2.19. The molecule has 0 bridgehead atoms. The summed E-state index contributed by atoms with van der Waals surface area (Å²) in [5.74, 6) is -5.34. The van der Waals surface area contributed by atoms with Gasteiger partial charge in [0.15, 0.2) is 23.1 Å². The molecule has 0 radical (unpaired) electrons. The van der Waals surface area contributed by atoms with Gasteiger partial charge < -0.3 is 18.9 Å². The lowest BCUT2D eigenvalue weighted by atomic mass is 10.0. The smallest absolute Gasteiger partial charge is 0.343 e. The average Bonchev–Trinajstić information content (AvgIpc) is 3.38. The molecule has 0 amide bonds. The molecule has 6 aromatic carbocycles. The number of hydrogen-bond donors (Lipinski definition) is 0. The van der Waals surface area contributed by atoms with E-state index in [1.165, 1.54) is 140 Å². The molecule has 6 rings (SSSR count). The van der Waals surface area contributed by atoms with Crippen LogP contribution in [0.25, 0.3) is 10.8 Å². The van der Waals surface area contributed by atoms with Crippen molar-refractivity contribution in [3.8, 4) is 23.0 Å². The molecule has 6 aromatic rings. The molecule has 0 unspecified atom stereocenters. The first-order chi connectivity index (χ1) is 35.1. The summed E-state index contributed by atoms with van der Waals surface area (Å²) in [6, 6.07) is 30.8. The third-order valence-corrected chi connectivity index (χ3v) is 13.0. The minimum Gasteiger partial charge on any atom is -0.423 e. The van der Waals surface area contributed by atoms with E-state index in [4.69, 9.17) is 18.9 Å². The molecule has 0 aliphatic carbocycles. The maximum atomic E-state index is 15.2. The Kier molecular flexibility index (Phi) is 22.5. The lowest BCUT2D eigenvalue weighted by Gasteiger charge is -2.10. The van der Waals surface area contributed by atoms with Crippen LogP contribution in [0.3, 0.4) is 0 Å². The number of aryl methyl sites for hydroxylation is 2. The third-order valence-electron chi connectivity index (χ3n) is 13.0. The van der Waals surface area contributed by atoms with Gasteiger partial charge in [-0.15, -0.1) is 0 Å². The molecule has 72 heavy (non-hydrogen) atoms. The summed E-state index contributed by atoms with van der Waals surface area (Å²) in [4.78, 5) is 51.9. The molecule has 0 aliphatic heterocycles. The van der Waals surface area contributed by atoms with Crippen LogP contribution in [-0.2, 0) is 12.8 Å². The highest BCUT2D eigenvalue weighted by Crippen LogP contribution is 2.28. The van der Waals surface area contributed by atoms with Crippen LogP contribution in [0.5, 0.6) is 23.0 Å². The van der Waals surface area contributed by atoms with Gasteiger partial charge in [0.05, 0.1) is 22.3 Å². The quantitative estimate of drug-likeness (QED) is 0.0250. The van der Waals surface area contributed by atoms with Crippen LogP contribution in [0, 0.1) is 11.6 Å². The van der Waals surface area contributed by atoms with Crippen molar-refractivity contribution in [1.82, 2.24) is 0 Å². The monoisotopic (exact) mass is 981 g/mol. The van der Waals surface area contributed by atoms with Gasteiger partial charge in [0, 0.05) is 0 Å². The SMILES string of the molecule is CCCCCCCCCCCCc1ccc(C(=O)Oc2ccc(C(=O)Oc3ccc4ccc(OC(=O)c5ccc(OC(=O)c6ccc(CCCCCCCCCCCC)cc6)c(F)c5)cc4c3)cc2F)cc1. The van der Waals surface area contributed by atoms with Crippen molar-refractivity contribution in [2.75, 3.05) is 0 Å². The van der Waals surface area contributed by atoms with Crippen molar-refractivity contribution in [3.63, 3.8) is 0 Å². The van der Waals surface area contributed by atoms with Crippen molar-refractivity contribution < 1.29 is 46.9 Å². The predicted molar refractivity (Wildman–Crippen MR) is 281 cm³/mol. The number of fused-ring (bicyclic) bond motifs is 1. The van der Waals surface area contributed by atoms with E-state index in [1.54, 1.807) is 60.7 Å². The van der Waals surface area contributed by atoms with E-state index >= 15 is 8.78 Å². The summed E-state index contributed by atoms with van der Waals surface area (Å²) in [5.41, 5.74) is 2.60. The minimum absolute atomic E-state index is 0.108. The Morgan fingerprint density at radius 1 is 0.333 bits per heavy atom. The second-order valence-electron chi connectivity index (χ2n) is 18.8. The van der Waals surface area contributed by atoms with Crippen LogP contribution >= 0.6 is 0 Å². The summed E-state index contributed by atoms with van der Waals surface area (Å²) < 4.78 is 52.1. The Labute approximate surface area is 424 Å². The lowest BCUT2D eigenvalue weighted by Crippen LogP contribution is -2.12. The molecular formula is C62H70F2O8. The molecule has 380 valence electrons. The van der Waals surface area contributed by atoms with Crippen LogP contribution in [0.4, 0.5) is 8.78 Å². The Morgan fingerprint density at radius 3 is 1.00 bits per heavy atom. The first-order valence-electron chi connectivity index (χ1n) is 26.3. The molecule has 0 fully saturated rings. The molecule has 0 heterocycles. The van der Waals surface area contributed by atoms with Gasteiger partial charge in [0.1, 0.15) is 11.5 Å². The number of benzene rings is 6. The average molecular weight is 981 g/mol. The van der Waals surface area contributed by atoms with E-state index in [0.29, 0.717) is 5.39 Å². The standard InChI is InChI=1S/C62H70F2O8/c1-3-5-7-9-11-13-15-17-19-21-23-45-25-29-48(30-26-45)59(65)71-57-39-35-50(43-55(57)63)61(67)69-53-37-33-47-34-38-54(42-52(47)41-53)70-62(68)51-36-40-58(56(64)44-51)72-60(66)49-31-27-46(28-32-49)24-22-20-18-16-14-12-10-8-6-4-2/h25-44H,3-24H2,1-2H3. The number of halogens is 2. The van der Waals surface area contributed by atoms with Gasteiger partial charge in [-0.2, -0.15) is 0 Å². The number of carbonyl (C=O) groups is 4. The van der Waals surface area contributed by atoms with Crippen molar-refractivity contribution >= 4 is 34.6 Å². The van der Waals surface area contributed by atoms with E-state index < -0.39 is 35.5 Å². The fraction of sp³-hybridized carbons (Fsp3) is 0.387. The van der Waals surface area contributed by atoms with Gasteiger partial charge >= 0.3 is 23.9 Å². The molecule has 10 heteroatoms. The van der Waals surface area contributed by atoms with Crippen LogP contribution in [-0.4, -0.2) is 23.9 Å². The van der Waals surface area contributed by atoms with E-state index in [0.717, 1.165) is 54.3 Å². The molecule has 0 aliphatic rings. The molecular weight excluding hydrogens is 911 g/mol. The molecule has 0 saturated carbocycles. The summed E-state index contributed by atoms with van der Waals surface area (Å²) in [5, 5.41) is 1.28. The summed E-state index contributed by atoms with van der Waals surface area (Å²) in [6.07, 6.45) is 27.2. The number of unbranched alkanes of at least 4 members (excludes halogenated alkanes) is 18. The van der Waals surface area contributed by atoms with Crippen molar-refractivity contribution in [3.05, 3.63) is 166 Å². The van der Waals surface area contributed by atoms with Crippen molar-refractivity contribution in [2.24, 2.45) is 0 Å². The number of rotatable bonds is 30. The van der Waals surface area contributed by atoms with Crippen LogP contribution in [0.15, 0.2) is 121 Å². The fourth-order valence-electron chi connectivity index (χ4n) is 8.65. The van der Waals surface area contributed by atoms with E-state index in [-0.39, 0.29) is 45.3 Å². The van der Waals surface area contributed by atoms with Crippen LogP contribution in [0.2, 0.25) is 0 Å². The minimum atomic E-state index is -0.911. The van der Waals surface area contributed by atoms with Gasteiger partial charge in [-0.05, 0) is 133 Å². The topological polar surface area (TPSA) is 105 Å². The van der Waals surface area contributed by atoms with Gasteiger partial charge in [-0.3, -0.25) is 0 Å². The first kappa shape index (κ1) is 54.6.